The average molecular weight is 414 g/mol. The lowest BCUT2D eigenvalue weighted by Gasteiger charge is -2.17. The molecule has 4 rings (SSSR count). The number of pyridine rings is 1. The van der Waals surface area contributed by atoms with Gasteiger partial charge in [0.05, 0.1) is 24.1 Å². The van der Waals surface area contributed by atoms with Crippen molar-refractivity contribution in [3.05, 3.63) is 75.6 Å². The number of carbonyl (C=O) groups excluding carboxylic acids is 1. The summed E-state index contributed by atoms with van der Waals surface area (Å²) in [6.45, 7) is -0.106. The maximum absolute atomic E-state index is 14.2. The van der Waals surface area contributed by atoms with Crippen LogP contribution in [0.25, 0.3) is 10.9 Å². The molecule has 1 amide bonds. The average Bonchev–Trinajstić information content (AvgIpc) is 3.59. The van der Waals surface area contributed by atoms with E-state index in [2.05, 4.69) is 5.32 Å². The number of nitrogens with one attached hydrogen (secondary N) is 1. The Morgan fingerprint density at radius 1 is 1.30 bits per heavy atom. The Hall–Kier alpha value is -3.26. The molecule has 0 unspecified atom stereocenters. The molecule has 1 fully saturated rings. The zero-order valence-corrected chi connectivity index (χ0v) is 16.2. The van der Waals surface area contributed by atoms with Crippen LogP contribution in [0.2, 0.25) is 0 Å². The molecule has 1 aliphatic rings. The molecular weight excluding hydrogens is 394 g/mol. The minimum absolute atomic E-state index is 0.0340. The number of hydrogen-bond donors (Lipinski definition) is 2. The van der Waals surface area contributed by atoms with Crippen molar-refractivity contribution < 1.29 is 23.4 Å². The SMILES string of the molecule is COc1c(F)c(F)cc2c(=O)c(C(=O)NC[C@@H](O)c3ccccc3)cn(C3CC3)c12. The number of ether oxygens (including phenoxy) is 1. The third kappa shape index (κ3) is 3.54. The lowest BCUT2D eigenvalue weighted by molar-refractivity contribution is 0.0914. The Morgan fingerprint density at radius 3 is 2.63 bits per heavy atom. The molecule has 6 nitrogen and oxygen atoms in total. The number of hydrogen-bond acceptors (Lipinski definition) is 4. The Labute approximate surface area is 170 Å². The van der Waals surface area contributed by atoms with E-state index in [1.54, 1.807) is 34.9 Å². The van der Waals surface area contributed by atoms with Gasteiger partial charge in [0.25, 0.3) is 5.91 Å². The molecule has 1 aromatic heterocycles. The summed E-state index contributed by atoms with van der Waals surface area (Å²) in [4.78, 5) is 25.6. The summed E-state index contributed by atoms with van der Waals surface area (Å²) in [5, 5.41) is 12.7. The van der Waals surface area contributed by atoms with Crippen LogP contribution in [0.4, 0.5) is 8.78 Å². The van der Waals surface area contributed by atoms with Crippen LogP contribution in [0.15, 0.2) is 47.4 Å². The number of nitrogens with zero attached hydrogens (tertiary/aromatic N) is 1. The van der Waals surface area contributed by atoms with Gasteiger partial charge in [0.1, 0.15) is 5.56 Å². The van der Waals surface area contributed by atoms with E-state index in [4.69, 9.17) is 4.74 Å². The van der Waals surface area contributed by atoms with Gasteiger partial charge in [0, 0.05) is 18.8 Å². The van der Waals surface area contributed by atoms with Crippen molar-refractivity contribution in [1.82, 2.24) is 9.88 Å². The smallest absolute Gasteiger partial charge is 0.256 e. The fraction of sp³-hybridized carbons (Fsp3) is 0.273. The molecule has 1 heterocycles. The molecule has 2 aromatic carbocycles. The van der Waals surface area contributed by atoms with Crippen molar-refractivity contribution in [3.63, 3.8) is 0 Å². The zero-order valence-electron chi connectivity index (χ0n) is 16.2. The largest absolute Gasteiger partial charge is 0.491 e. The van der Waals surface area contributed by atoms with Crippen LogP contribution >= 0.6 is 0 Å². The van der Waals surface area contributed by atoms with E-state index in [1.807, 2.05) is 0 Å². The van der Waals surface area contributed by atoms with Crippen LogP contribution in [-0.2, 0) is 0 Å². The van der Waals surface area contributed by atoms with Crippen molar-refractivity contribution in [2.24, 2.45) is 0 Å². The topological polar surface area (TPSA) is 80.6 Å². The van der Waals surface area contributed by atoms with E-state index >= 15 is 0 Å². The maximum Gasteiger partial charge on any atom is 0.256 e. The number of rotatable bonds is 6. The molecule has 0 saturated heterocycles. The van der Waals surface area contributed by atoms with Crippen molar-refractivity contribution >= 4 is 16.8 Å². The zero-order chi connectivity index (χ0) is 21.4. The minimum Gasteiger partial charge on any atom is -0.491 e. The highest BCUT2D eigenvalue weighted by Crippen LogP contribution is 2.40. The van der Waals surface area contributed by atoms with Gasteiger partial charge in [-0.15, -0.1) is 0 Å². The van der Waals surface area contributed by atoms with E-state index in [-0.39, 0.29) is 34.8 Å². The molecule has 1 saturated carbocycles. The van der Waals surface area contributed by atoms with E-state index in [9.17, 15) is 23.5 Å². The van der Waals surface area contributed by atoms with Crippen LogP contribution in [0, 0.1) is 11.6 Å². The number of carbonyl (C=O) groups is 1. The van der Waals surface area contributed by atoms with Crippen LogP contribution in [0.3, 0.4) is 0 Å². The monoisotopic (exact) mass is 414 g/mol. The van der Waals surface area contributed by atoms with Gasteiger partial charge in [-0.05, 0) is 24.5 Å². The second kappa shape index (κ2) is 7.87. The summed E-state index contributed by atoms with van der Waals surface area (Å²) in [7, 11) is 1.20. The molecule has 156 valence electrons. The molecule has 30 heavy (non-hydrogen) atoms. The Morgan fingerprint density at radius 2 is 2.00 bits per heavy atom. The lowest BCUT2D eigenvalue weighted by Crippen LogP contribution is -2.33. The Bertz CT molecular complexity index is 1170. The van der Waals surface area contributed by atoms with Crippen LogP contribution < -0.4 is 15.5 Å². The summed E-state index contributed by atoms with van der Waals surface area (Å²) in [6, 6.07) is 9.53. The van der Waals surface area contributed by atoms with Gasteiger partial charge in [0.2, 0.25) is 11.2 Å². The maximum atomic E-state index is 14.2. The number of benzene rings is 2. The summed E-state index contributed by atoms with van der Waals surface area (Å²) in [5.41, 5.74) is -0.188. The molecular formula is C22H20F2N2O4. The molecule has 0 aliphatic heterocycles. The summed E-state index contributed by atoms with van der Waals surface area (Å²) < 4.78 is 34.9. The van der Waals surface area contributed by atoms with E-state index in [0.717, 1.165) is 18.9 Å². The Kier molecular flexibility index (Phi) is 5.26. The third-order valence-corrected chi connectivity index (χ3v) is 5.20. The molecule has 1 aliphatic carbocycles. The molecule has 8 heteroatoms. The van der Waals surface area contributed by atoms with E-state index in [1.165, 1.54) is 13.3 Å². The fourth-order valence-corrected chi connectivity index (χ4v) is 3.50. The molecule has 0 radical (unpaired) electrons. The first-order valence-corrected chi connectivity index (χ1v) is 9.54. The first-order valence-electron chi connectivity index (χ1n) is 9.54. The predicted molar refractivity (Wildman–Crippen MR) is 107 cm³/mol. The molecule has 3 aromatic rings. The van der Waals surface area contributed by atoms with Crippen molar-refractivity contribution in [2.45, 2.75) is 25.0 Å². The summed E-state index contributed by atoms with van der Waals surface area (Å²) >= 11 is 0. The van der Waals surface area contributed by atoms with Crippen LogP contribution in [0.1, 0.15) is 40.9 Å². The number of halogens is 2. The van der Waals surface area contributed by atoms with Crippen LogP contribution in [0.5, 0.6) is 5.75 Å². The minimum atomic E-state index is -1.23. The van der Waals surface area contributed by atoms with Gasteiger partial charge in [0.15, 0.2) is 11.6 Å². The quantitative estimate of drug-likeness (QED) is 0.650. The van der Waals surface area contributed by atoms with Gasteiger partial charge in [-0.2, -0.15) is 4.39 Å². The van der Waals surface area contributed by atoms with E-state index < -0.39 is 29.1 Å². The predicted octanol–water partition coefficient (Wildman–Crippen LogP) is 3.09. The number of aliphatic hydroxyl groups excluding tert-OH is 1. The first-order chi connectivity index (χ1) is 14.4. The lowest BCUT2D eigenvalue weighted by atomic mass is 10.1. The number of fused-ring (bicyclic) bond motifs is 1. The number of aromatic nitrogens is 1. The molecule has 1 atom stereocenters. The summed E-state index contributed by atoms with van der Waals surface area (Å²) in [5.74, 6) is -3.46. The highest BCUT2D eigenvalue weighted by molar-refractivity contribution is 5.98. The molecule has 0 bridgehead atoms. The molecule has 0 spiro atoms. The fourth-order valence-electron chi connectivity index (χ4n) is 3.50. The third-order valence-electron chi connectivity index (χ3n) is 5.20. The number of methoxy groups -OCH3 is 1. The summed E-state index contributed by atoms with van der Waals surface area (Å²) in [6.07, 6.45) is 1.97. The van der Waals surface area contributed by atoms with Crippen molar-refractivity contribution in [3.8, 4) is 5.75 Å². The highest BCUT2D eigenvalue weighted by atomic mass is 19.2. The van der Waals surface area contributed by atoms with E-state index in [0.29, 0.717) is 5.56 Å². The van der Waals surface area contributed by atoms with Crippen LogP contribution in [-0.4, -0.2) is 29.2 Å². The van der Waals surface area contributed by atoms with Gasteiger partial charge in [-0.25, -0.2) is 4.39 Å². The highest BCUT2D eigenvalue weighted by Gasteiger charge is 2.30. The van der Waals surface area contributed by atoms with Crippen molar-refractivity contribution in [2.75, 3.05) is 13.7 Å². The second-order valence-corrected chi connectivity index (χ2v) is 7.25. The number of aliphatic hydroxyl groups is 1. The van der Waals surface area contributed by atoms with Crippen molar-refractivity contribution in [1.29, 1.82) is 0 Å². The standard InChI is InChI=1S/C22H20F2N2O4/c1-30-21-18(24)16(23)9-14-19(21)26(13-7-8-13)11-15(20(14)28)22(29)25-10-17(27)12-5-3-2-4-6-12/h2-6,9,11,13,17,27H,7-8,10H2,1H3,(H,25,29)/t17-/m1/s1. The Balaban J connectivity index is 1.73. The normalized spacial score (nSPS) is 14.5. The van der Waals surface area contributed by atoms with Gasteiger partial charge >= 0.3 is 0 Å². The molecule has 2 N–H and O–H groups in total. The van der Waals surface area contributed by atoms with Gasteiger partial charge in [-0.3, -0.25) is 9.59 Å². The first kappa shape index (κ1) is 20.0. The van der Waals surface area contributed by atoms with Gasteiger partial charge in [-0.1, -0.05) is 30.3 Å². The second-order valence-electron chi connectivity index (χ2n) is 7.25. The van der Waals surface area contributed by atoms with Gasteiger partial charge < -0.3 is 19.7 Å². The number of amides is 1.